The molecule has 0 fully saturated rings. The van der Waals surface area contributed by atoms with Crippen LogP contribution in [0.25, 0.3) is 0 Å². The molecule has 0 heterocycles. The van der Waals surface area contributed by atoms with Crippen molar-refractivity contribution in [1.29, 1.82) is 0 Å². The molecule has 0 aromatic heterocycles. The quantitative estimate of drug-likeness (QED) is 0.569. The lowest BCUT2D eigenvalue weighted by molar-refractivity contribution is -0.387. The summed E-state index contributed by atoms with van der Waals surface area (Å²) in [7, 11) is -4.09. The van der Waals surface area contributed by atoms with Crippen molar-refractivity contribution in [2.45, 2.75) is 11.8 Å². The third-order valence-electron chi connectivity index (χ3n) is 2.89. The molecule has 0 saturated carbocycles. The molecule has 0 saturated heterocycles. The summed E-state index contributed by atoms with van der Waals surface area (Å²) < 4.78 is 46.4. The predicted molar refractivity (Wildman–Crippen MR) is 89.2 cm³/mol. The van der Waals surface area contributed by atoms with Crippen LogP contribution in [0.2, 0.25) is 0 Å². The molecule has 24 heavy (non-hydrogen) atoms. The van der Waals surface area contributed by atoms with Gasteiger partial charge in [-0.1, -0.05) is 15.9 Å². The van der Waals surface area contributed by atoms with Crippen LogP contribution < -0.4 is 9.46 Å². The van der Waals surface area contributed by atoms with E-state index in [-0.39, 0.29) is 22.9 Å². The number of nitro groups is 1. The predicted octanol–water partition coefficient (Wildman–Crippen LogP) is 3.70. The van der Waals surface area contributed by atoms with E-state index in [1.54, 1.807) is 13.0 Å². The first-order chi connectivity index (χ1) is 11.2. The molecule has 0 atom stereocenters. The lowest BCUT2D eigenvalue weighted by Crippen LogP contribution is -2.15. The Morgan fingerprint density at radius 2 is 2.00 bits per heavy atom. The van der Waals surface area contributed by atoms with Gasteiger partial charge < -0.3 is 4.74 Å². The lowest BCUT2D eigenvalue weighted by Gasteiger charge is -2.13. The van der Waals surface area contributed by atoms with E-state index in [0.717, 1.165) is 18.2 Å². The highest BCUT2D eigenvalue weighted by Gasteiger charge is 2.22. The number of nitro benzene ring substituents is 1. The average Bonchev–Trinajstić information content (AvgIpc) is 2.50. The van der Waals surface area contributed by atoms with E-state index in [2.05, 4.69) is 20.7 Å². The third kappa shape index (κ3) is 4.01. The van der Waals surface area contributed by atoms with Crippen LogP contribution in [0.1, 0.15) is 6.92 Å². The summed E-state index contributed by atoms with van der Waals surface area (Å²) >= 11 is 3.18. The summed E-state index contributed by atoms with van der Waals surface area (Å²) in [5.74, 6) is -0.926. The SMILES string of the molecule is CCOc1ccc(Br)cc1S(=O)(=O)Nc1ccc(F)c([N+](=O)[O-])c1. The van der Waals surface area contributed by atoms with Crippen molar-refractivity contribution >= 4 is 37.3 Å². The summed E-state index contributed by atoms with van der Waals surface area (Å²) in [4.78, 5) is 9.68. The van der Waals surface area contributed by atoms with E-state index < -0.39 is 26.5 Å². The topological polar surface area (TPSA) is 98.5 Å². The second kappa shape index (κ2) is 7.14. The standard InChI is InChI=1S/C14H12BrFN2O5S/c1-2-23-13-6-3-9(15)7-14(13)24(21,22)17-10-4-5-11(16)12(8-10)18(19)20/h3-8,17H,2H2,1H3. The van der Waals surface area contributed by atoms with Gasteiger partial charge in [-0.3, -0.25) is 14.8 Å². The zero-order valence-corrected chi connectivity index (χ0v) is 14.7. The highest BCUT2D eigenvalue weighted by Crippen LogP contribution is 2.30. The average molecular weight is 419 g/mol. The van der Waals surface area contributed by atoms with Gasteiger partial charge in [0.1, 0.15) is 10.6 Å². The Labute approximate surface area is 145 Å². The molecule has 0 aliphatic rings. The zero-order chi connectivity index (χ0) is 17.9. The molecule has 128 valence electrons. The van der Waals surface area contributed by atoms with Crippen molar-refractivity contribution in [2.24, 2.45) is 0 Å². The van der Waals surface area contributed by atoms with Gasteiger partial charge in [-0.2, -0.15) is 4.39 Å². The fourth-order valence-corrected chi connectivity index (χ4v) is 3.63. The highest BCUT2D eigenvalue weighted by atomic mass is 79.9. The normalized spacial score (nSPS) is 11.1. The number of nitrogens with one attached hydrogen (secondary N) is 1. The Bertz CT molecular complexity index is 889. The first-order valence-corrected chi connectivity index (χ1v) is 8.91. The van der Waals surface area contributed by atoms with Crippen molar-refractivity contribution in [3.8, 4) is 5.75 Å². The summed E-state index contributed by atoms with van der Waals surface area (Å²) in [5.41, 5.74) is -0.958. The van der Waals surface area contributed by atoms with E-state index in [9.17, 15) is 22.9 Å². The Morgan fingerprint density at radius 1 is 1.29 bits per heavy atom. The van der Waals surface area contributed by atoms with E-state index in [1.165, 1.54) is 12.1 Å². The van der Waals surface area contributed by atoms with E-state index >= 15 is 0 Å². The first-order valence-electron chi connectivity index (χ1n) is 6.63. The molecule has 1 N–H and O–H groups in total. The maximum Gasteiger partial charge on any atom is 0.306 e. The van der Waals surface area contributed by atoms with Gasteiger partial charge in [0.15, 0.2) is 0 Å². The molecule has 0 aliphatic carbocycles. The maximum atomic E-state index is 13.3. The second-order valence-corrected chi connectivity index (χ2v) is 7.12. The minimum Gasteiger partial charge on any atom is -0.492 e. The van der Waals surface area contributed by atoms with Crippen LogP contribution in [0.4, 0.5) is 15.8 Å². The molecule has 10 heteroatoms. The molecule has 0 unspecified atom stereocenters. The van der Waals surface area contributed by atoms with E-state index in [0.29, 0.717) is 4.47 Å². The van der Waals surface area contributed by atoms with Gasteiger partial charge in [-0.25, -0.2) is 8.42 Å². The smallest absolute Gasteiger partial charge is 0.306 e. The fraction of sp³-hybridized carbons (Fsp3) is 0.143. The van der Waals surface area contributed by atoms with Crippen molar-refractivity contribution < 1.29 is 22.5 Å². The maximum absolute atomic E-state index is 13.3. The van der Waals surface area contributed by atoms with Gasteiger partial charge in [0, 0.05) is 10.5 Å². The molecule has 0 amide bonds. The molecule has 2 aromatic rings. The highest BCUT2D eigenvalue weighted by molar-refractivity contribution is 9.10. The van der Waals surface area contributed by atoms with Crippen LogP contribution in [0.15, 0.2) is 45.8 Å². The molecule has 0 radical (unpaired) electrons. The number of hydrogen-bond donors (Lipinski definition) is 1. The van der Waals surface area contributed by atoms with Crippen LogP contribution in [-0.2, 0) is 10.0 Å². The van der Waals surface area contributed by atoms with Gasteiger partial charge in [0.25, 0.3) is 10.0 Å². The summed E-state index contributed by atoms with van der Waals surface area (Å²) in [6.07, 6.45) is 0. The van der Waals surface area contributed by atoms with Gasteiger partial charge >= 0.3 is 5.69 Å². The number of nitrogens with zero attached hydrogens (tertiary/aromatic N) is 1. The van der Waals surface area contributed by atoms with Crippen LogP contribution >= 0.6 is 15.9 Å². The summed E-state index contributed by atoms with van der Waals surface area (Å²) in [5, 5.41) is 10.8. The van der Waals surface area contributed by atoms with Gasteiger partial charge in [-0.05, 0) is 37.3 Å². The second-order valence-electron chi connectivity index (χ2n) is 4.55. The van der Waals surface area contributed by atoms with Gasteiger partial charge in [0.2, 0.25) is 5.82 Å². The fourth-order valence-electron chi connectivity index (χ4n) is 1.89. The monoisotopic (exact) mass is 418 g/mol. The molecule has 2 rings (SSSR count). The van der Waals surface area contributed by atoms with E-state index in [4.69, 9.17) is 4.74 Å². The number of sulfonamides is 1. The molecular weight excluding hydrogens is 407 g/mol. The van der Waals surface area contributed by atoms with Crippen LogP contribution in [0, 0.1) is 15.9 Å². The largest absolute Gasteiger partial charge is 0.492 e. The molecular formula is C14H12BrFN2O5S. The van der Waals surface area contributed by atoms with Crippen LogP contribution in [0.3, 0.4) is 0 Å². The number of rotatable bonds is 6. The number of halogens is 2. The molecule has 0 bridgehead atoms. The number of anilines is 1. The summed E-state index contributed by atoms with van der Waals surface area (Å²) in [6.45, 7) is 1.96. The number of ether oxygens (including phenoxy) is 1. The number of benzene rings is 2. The first kappa shape index (κ1) is 18.1. The Morgan fingerprint density at radius 3 is 2.62 bits per heavy atom. The van der Waals surface area contributed by atoms with Crippen molar-refractivity contribution in [1.82, 2.24) is 0 Å². The molecule has 7 nitrogen and oxygen atoms in total. The zero-order valence-electron chi connectivity index (χ0n) is 12.3. The van der Waals surface area contributed by atoms with Crippen LogP contribution in [0.5, 0.6) is 5.75 Å². The summed E-state index contributed by atoms with van der Waals surface area (Å²) in [6, 6.07) is 7.16. The molecule has 0 aliphatic heterocycles. The van der Waals surface area contributed by atoms with Crippen molar-refractivity contribution in [3.05, 3.63) is 56.8 Å². The van der Waals surface area contributed by atoms with Gasteiger partial charge in [-0.15, -0.1) is 0 Å². The van der Waals surface area contributed by atoms with E-state index in [1.807, 2.05) is 0 Å². The Balaban J connectivity index is 2.44. The van der Waals surface area contributed by atoms with Crippen molar-refractivity contribution in [3.63, 3.8) is 0 Å². The number of hydrogen-bond acceptors (Lipinski definition) is 5. The van der Waals surface area contributed by atoms with Gasteiger partial charge in [0.05, 0.1) is 17.2 Å². The minimum atomic E-state index is -4.09. The molecule has 2 aromatic carbocycles. The lowest BCUT2D eigenvalue weighted by atomic mass is 10.3. The van der Waals surface area contributed by atoms with Crippen molar-refractivity contribution in [2.75, 3.05) is 11.3 Å². The Hall–Kier alpha value is -2.20. The van der Waals surface area contributed by atoms with Crippen LogP contribution in [-0.4, -0.2) is 19.9 Å². The third-order valence-corrected chi connectivity index (χ3v) is 4.79. The Kier molecular flexibility index (Phi) is 5.40. The minimum absolute atomic E-state index is 0.129. The molecule has 0 spiro atoms.